The standard InChI is InChI=1S/C33H51N3O6/c1-5-6-20(2)23-7-8-24-28-25-19-27(33(23,24)4)42-16-13-36-30(38)34-11-14-40-22-9-10-32(25,3)21(17-22)18-26(28)41-15-12-35(29(34)37)31(36)39/h20-28H,5-19H2,1-4H3/t20-,21+,22-,23-,24+,25+,26-,27+,28+,32+,33-/m1/s1. The predicted molar refractivity (Wildman–Crippen MR) is 158 cm³/mol. The number of hydrogen-bond acceptors (Lipinski definition) is 6. The molecular weight excluding hydrogens is 534 g/mol. The van der Waals surface area contributed by atoms with Gasteiger partial charge in [-0.25, -0.2) is 28.1 Å². The molecular formula is C33H51N3O6. The second-order valence-corrected chi connectivity index (χ2v) is 15.1. The van der Waals surface area contributed by atoms with Gasteiger partial charge >= 0.3 is 17.1 Å². The summed E-state index contributed by atoms with van der Waals surface area (Å²) >= 11 is 0. The van der Waals surface area contributed by atoms with E-state index in [0.717, 1.165) is 32.1 Å². The molecule has 11 atom stereocenters. The first-order chi connectivity index (χ1) is 20.2. The molecule has 0 spiro atoms. The van der Waals surface area contributed by atoms with Crippen LogP contribution >= 0.6 is 0 Å². The lowest BCUT2D eigenvalue weighted by molar-refractivity contribution is -0.229. The van der Waals surface area contributed by atoms with Gasteiger partial charge in [-0.2, -0.15) is 0 Å². The van der Waals surface area contributed by atoms with Gasteiger partial charge in [0.05, 0.1) is 57.8 Å². The van der Waals surface area contributed by atoms with E-state index in [9.17, 15) is 14.4 Å². The van der Waals surface area contributed by atoms with Crippen molar-refractivity contribution in [2.45, 2.75) is 123 Å². The molecule has 9 nitrogen and oxygen atoms in total. The molecule has 9 bridgehead atoms. The van der Waals surface area contributed by atoms with E-state index in [2.05, 4.69) is 27.7 Å². The third kappa shape index (κ3) is 4.22. The van der Waals surface area contributed by atoms with E-state index in [1.807, 2.05) is 0 Å². The van der Waals surface area contributed by atoms with Crippen molar-refractivity contribution in [2.75, 3.05) is 19.8 Å². The maximum Gasteiger partial charge on any atom is 0.336 e. The van der Waals surface area contributed by atoms with E-state index in [1.54, 1.807) is 0 Å². The van der Waals surface area contributed by atoms with E-state index in [4.69, 9.17) is 14.2 Å². The van der Waals surface area contributed by atoms with Gasteiger partial charge in [-0.3, -0.25) is 0 Å². The molecule has 8 rings (SSSR count). The van der Waals surface area contributed by atoms with E-state index in [0.29, 0.717) is 55.3 Å². The van der Waals surface area contributed by atoms with Crippen LogP contribution in [0.25, 0.3) is 0 Å². The second-order valence-electron chi connectivity index (χ2n) is 15.1. The monoisotopic (exact) mass is 585 g/mol. The van der Waals surface area contributed by atoms with Crippen LogP contribution in [0.15, 0.2) is 14.4 Å². The molecule has 3 aliphatic heterocycles. The number of hydrogen-bond donors (Lipinski definition) is 0. The third-order valence-electron chi connectivity index (χ3n) is 13.5. The molecule has 4 fully saturated rings. The van der Waals surface area contributed by atoms with Crippen LogP contribution in [0.1, 0.15) is 85.5 Å². The summed E-state index contributed by atoms with van der Waals surface area (Å²) in [5, 5.41) is 0. The van der Waals surface area contributed by atoms with Gasteiger partial charge in [0.1, 0.15) is 0 Å². The van der Waals surface area contributed by atoms with Crippen LogP contribution in [0.4, 0.5) is 0 Å². The Labute approximate surface area is 248 Å². The minimum absolute atomic E-state index is 0.0282. The normalized spacial score (nSPS) is 43.7. The molecule has 0 aromatic carbocycles. The van der Waals surface area contributed by atoms with Crippen molar-refractivity contribution in [3.63, 3.8) is 0 Å². The van der Waals surface area contributed by atoms with E-state index in [1.165, 1.54) is 39.4 Å². The van der Waals surface area contributed by atoms with Gasteiger partial charge in [-0.1, -0.05) is 40.5 Å². The lowest BCUT2D eigenvalue weighted by Gasteiger charge is -2.65. The SMILES string of the molecule is CCC[C@@H](C)[C@H]1CC[C@H]2[C@@H]3[C@H]4C[C@@H]5C[C@H]6CC[C@]5(C)[C@H]3C[C@H](OCCn3c(=O)n(c(=O)n(c3=O)CCO4)CCO6)[C@]12C. The van der Waals surface area contributed by atoms with Crippen molar-refractivity contribution in [1.82, 2.24) is 13.7 Å². The summed E-state index contributed by atoms with van der Waals surface area (Å²) < 4.78 is 23.8. The molecule has 1 aromatic heterocycles. The van der Waals surface area contributed by atoms with Gasteiger partial charge in [0.15, 0.2) is 0 Å². The Kier molecular flexibility index (Phi) is 7.41. The van der Waals surface area contributed by atoms with Crippen molar-refractivity contribution < 1.29 is 14.2 Å². The summed E-state index contributed by atoms with van der Waals surface area (Å²) in [6.07, 6.45) is 10.3. The maximum absolute atomic E-state index is 13.5. The van der Waals surface area contributed by atoms with Gasteiger partial charge < -0.3 is 14.2 Å². The quantitative estimate of drug-likeness (QED) is 0.538. The zero-order valence-corrected chi connectivity index (χ0v) is 26.1. The zero-order valence-electron chi connectivity index (χ0n) is 26.1. The average Bonchev–Trinajstić information content (AvgIpc) is 3.32. The summed E-state index contributed by atoms with van der Waals surface area (Å²) in [7, 11) is 0. The van der Waals surface area contributed by atoms with Crippen molar-refractivity contribution in [3.05, 3.63) is 31.5 Å². The van der Waals surface area contributed by atoms with Crippen molar-refractivity contribution in [1.29, 1.82) is 0 Å². The molecule has 4 saturated carbocycles. The average molecular weight is 586 g/mol. The van der Waals surface area contributed by atoms with Gasteiger partial charge in [0.25, 0.3) is 0 Å². The largest absolute Gasteiger partial charge is 0.376 e. The first-order valence-electron chi connectivity index (χ1n) is 17.0. The number of fused-ring (bicyclic) bond motifs is 4. The number of aromatic nitrogens is 3. The summed E-state index contributed by atoms with van der Waals surface area (Å²) in [4.78, 5) is 40.5. The van der Waals surface area contributed by atoms with Crippen molar-refractivity contribution in [3.8, 4) is 0 Å². The molecule has 0 unspecified atom stereocenters. The molecule has 4 heterocycles. The van der Waals surface area contributed by atoms with Crippen LogP contribution in [0.2, 0.25) is 0 Å². The minimum Gasteiger partial charge on any atom is -0.376 e. The van der Waals surface area contributed by atoms with Crippen LogP contribution in [0.5, 0.6) is 0 Å². The van der Waals surface area contributed by atoms with E-state index >= 15 is 0 Å². The van der Waals surface area contributed by atoms with Crippen LogP contribution in [0, 0.1) is 46.3 Å². The summed E-state index contributed by atoms with van der Waals surface area (Å²) in [5.74, 6) is 3.18. The Bertz CT molecular complexity index is 1370. The van der Waals surface area contributed by atoms with Gasteiger partial charge in [0.2, 0.25) is 0 Å². The third-order valence-corrected chi connectivity index (χ3v) is 13.5. The van der Waals surface area contributed by atoms with Crippen molar-refractivity contribution in [2.24, 2.45) is 46.3 Å². The molecule has 7 aliphatic rings. The van der Waals surface area contributed by atoms with E-state index < -0.39 is 17.1 Å². The number of ether oxygens (including phenoxy) is 3. The molecule has 4 aliphatic carbocycles. The van der Waals surface area contributed by atoms with Crippen LogP contribution in [0.3, 0.4) is 0 Å². The lowest BCUT2D eigenvalue weighted by Crippen LogP contribution is -2.63. The fourth-order valence-corrected chi connectivity index (χ4v) is 11.4. The maximum atomic E-state index is 13.5. The fraction of sp³-hybridized carbons (Fsp3) is 0.909. The highest BCUT2D eigenvalue weighted by atomic mass is 16.5. The summed E-state index contributed by atoms with van der Waals surface area (Å²) in [6, 6.07) is 0. The molecule has 0 radical (unpaired) electrons. The molecule has 0 amide bonds. The Balaban J connectivity index is 1.39. The second kappa shape index (κ2) is 10.7. The summed E-state index contributed by atoms with van der Waals surface area (Å²) in [6.45, 7) is 11.2. The summed E-state index contributed by atoms with van der Waals surface area (Å²) in [5.41, 5.74) is -1.44. The first-order valence-corrected chi connectivity index (χ1v) is 17.0. The smallest absolute Gasteiger partial charge is 0.336 e. The minimum atomic E-state index is -0.563. The van der Waals surface area contributed by atoms with Gasteiger partial charge in [0, 0.05) is 5.41 Å². The number of nitrogens with zero attached hydrogens (tertiary/aromatic N) is 3. The van der Waals surface area contributed by atoms with Crippen LogP contribution in [-0.4, -0.2) is 51.8 Å². The molecule has 0 saturated heterocycles. The van der Waals surface area contributed by atoms with E-state index in [-0.39, 0.29) is 48.8 Å². The number of rotatable bonds is 3. The van der Waals surface area contributed by atoms with Gasteiger partial charge in [-0.15, -0.1) is 0 Å². The Morgan fingerprint density at radius 3 is 2.12 bits per heavy atom. The van der Waals surface area contributed by atoms with Gasteiger partial charge in [-0.05, 0) is 85.9 Å². The lowest BCUT2D eigenvalue weighted by atomic mass is 9.43. The highest BCUT2D eigenvalue weighted by Gasteiger charge is 2.66. The molecule has 42 heavy (non-hydrogen) atoms. The molecule has 1 aromatic rings. The Hall–Kier alpha value is -1.71. The fourth-order valence-electron chi connectivity index (χ4n) is 11.4. The molecule has 0 N–H and O–H groups in total. The Morgan fingerprint density at radius 2 is 1.45 bits per heavy atom. The highest BCUT2D eigenvalue weighted by Crippen LogP contribution is 2.69. The predicted octanol–water partition coefficient (Wildman–Crippen LogP) is 3.67. The topological polar surface area (TPSA) is 93.7 Å². The van der Waals surface area contributed by atoms with Crippen molar-refractivity contribution >= 4 is 0 Å². The molecule has 234 valence electrons. The van der Waals surface area contributed by atoms with Crippen LogP contribution < -0.4 is 17.1 Å². The first kappa shape index (κ1) is 29.0. The van der Waals surface area contributed by atoms with Crippen LogP contribution in [-0.2, 0) is 33.8 Å². The zero-order chi connectivity index (χ0) is 29.4. The Morgan fingerprint density at radius 1 is 0.810 bits per heavy atom. The highest BCUT2D eigenvalue weighted by molar-refractivity contribution is 5.15. The molecule has 9 heteroatoms.